The molecule has 2 heteroatoms. The Morgan fingerprint density at radius 3 is 1.64 bits per heavy atom. The standard InChI is InChI=1S/C12H24O2/c1-11(2,3)9(12(4,5)6)8-10(13)14-7/h9H,8H2,1-7H3. The predicted octanol–water partition coefficient (Wildman–Crippen LogP) is 3.26. The van der Waals surface area contributed by atoms with Crippen LogP contribution in [0.5, 0.6) is 0 Å². The third kappa shape index (κ3) is 4.12. The summed E-state index contributed by atoms with van der Waals surface area (Å²) in [5.41, 5.74) is 0.263. The molecule has 0 fully saturated rings. The number of rotatable bonds is 2. The average Bonchev–Trinajstić information content (AvgIpc) is 1.95. The molecule has 84 valence electrons. The van der Waals surface area contributed by atoms with Crippen LogP contribution in [-0.4, -0.2) is 13.1 Å². The summed E-state index contributed by atoms with van der Waals surface area (Å²) in [6.07, 6.45) is 0.503. The number of hydrogen-bond donors (Lipinski definition) is 0. The van der Waals surface area contributed by atoms with Crippen molar-refractivity contribution in [3.8, 4) is 0 Å². The highest BCUT2D eigenvalue weighted by molar-refractivity contribution is 5.69. The van der Waals surface area contributed by atoms with Gasteiger partial charge in [0.2, 0.25) is 0 Å². The smallest absolute Gasteiger partial charge is 0.305 e. The fraction of sp³-hybridized carbons (Fsp3) is 0.917. The van der Waals surface area contributed by atoms with E-state index >= 15 is 0 Å². The number of ether oxygens (including phenoxy) is 1. The second kappa shape index (κ2) is 4.33. The Morgan fingerprint density at radius 2 is 1.43 bits per heavy atom. The highest BCUT2D eigenvalue weighted by atomic mass is 16.5. The number of methoxy groups -OCH3 is 1. The molecule has 0 aromatic rings. The Balaban J connectivity index is 4.68. The first-order valence-electron chi connectivity index (χ1n) is 5.16. The average molecular weight is 200 g/mol. The zero-order valence-electron chi connectivity index (χ0n) is 10.6. The summed E-state index contributed by atoms with van der Waals surface area (Å²) in [7, 11) is 1.45. The van der Waals surface area contributed by atoms with E-state index in [0.717, 1.165) is 0 Å². The van der Waals surface area contributed by atoms with E-state index in [1.54, 1.807) is 0 Å². The summed E-state index contributed by atoms with van der Waals surface area (Å²) in [4.78, 5) is 11.3. The van der Waals surface area contributed by atoms with Crippen molar-refractivity contribution in [2.45, 2.75) is 48.0 Å². The van der Waals surface area contributed by atoms with E-state index in [1.165, 1.54) is 7.11 Å². The van der Waals surface area contributed by atoms with Crippen LogP contribution in [0, 0.1) is 16.7 Å². The molecule has 0 bridgehead atoms. The van der Waals surface area contributed by atoms with Gasteiger partial charge in [-0.1, -0.05) is 41.5 Å². The first-order chi connectivity index (χ1) is 6.09. The highest BCUT2D eigenvalue weighted by Gasteiger charge is 2.36. The Morgan fingerprint density at radius 1 is 1.07 bits per heavy atom. The molecule has 0 aromatic carbocycles. The van der Waals surface area contributed by atoms with Gasteiger partial charge < -0.3 is 4.74 Å². The molecule has 0 radical (unpaired) electrons. The van der Waals surface area contributed by atoms with Crippen LogP contribution in [0.25, 0.3) is 0 Å². The lowest BCUT2D eigenvalue weighted by Gasteiger charge is -2.40. The zero-order valence-corrected chi connectivity index (χ0v) is 10.6. The Labute approximate surface area is 88.0 Å². The van der Waals surface area contributed by atoms with Crippen molar-refractivity contribution < 1.29 is 9.53 Å². The molecule has 0 rings (SSSR count). The number of carbonyl (C=O) groups excluding carboxylic acids is 1. The molecule has 0 N–H and O–H groups in total. The quantitative estimate of drug-likeness (QED) is 0.639. The van der Waals surface area contributed by atoms with Crippen molar-refractivity contribution in [2.24, 2.45) is 16.7 Å². The maximum Gasteiger partial charge on any atom is 0.305 e. The van der Waals surface area contributed by atoms with Crippen LogP contribution in [0.2, 0.25) is 0 Å². The lowest BCUT2D eigenvalue weighted by atomic mass is 9.65. The van der Waals surface area contributed by atoms with Gasteiger partial charge in [-0.15, -0.1) is 0 Å². The van der Waals surface area contributed by atoms with Gasteiger partial charge >= 0.3 is 5.97 Å². The normalized spacial score (nSPS) is 13.1. The van der Waals surface area contributed by atoms with Crippen molar-refractivity contribution in [2.75, 3.05) is 7.11 Å². The van der Waals surface area contributed by atoms with E-state index < -0.39 is 0 Å². The molecule has 0 saturated heterocycles. The number of carbonyl (C=O) groups is 1. The maximum atomic E-state index is 11.3. The van der Waals surface area contributed by atoms with E-state index in [4.69, 9.17) is 4.74 Å². The SMILES string of the molecule is COC(=O)CC(C(C)(C)C)C(C)(C)C. The molecule has 0 aromatic heterocycles. The van der Waals surface area contributed by atoms with E-state index in [-0.39, 0.29) is 16.8 Å². The summed E-state index contributed by atoms with van der Waals surface area (Å²) in [6.45, 7) is 13.0. The molecular weight excluding hydrogens is 176 g/mol. The molecule has 0 spiro atoms. The largest absolute Gasteiger partial charge is 0.469 e. The maximum absolute atomic E-state index is 11.3. The topological polar surface area (TPSA) is 26.3 Å². The van der Waals surface area contributed by atoms with Gasteiger partial charge in [0.15, 0.2) is 0 Å². The molecule has 0 aliphatic carbocycles. The van der Waals surface area contributed by atoms with Crippen LogP contribution in [-0.2, 0) is 9.53 Å². The second-order valence-corrected chi connectivity index (χ2v) is 6.06. The minimum atomic E-state index is -0.111. The first-order valence-corrected chi connectivity index (χ1v) is 5.16. The van der Waals surface area contributed by atoms with Gasteiger partial charge in [0, 0.05) is 6.42 Å². The minimum absolute atomic E-state index is 0.111. The number of hydrogen-bond acceptors (Lipinski definition) is 2. The zero-order chi connectivity index (χ0) is 11.6. The van der Waals surface area contributed by atoms with E-state index in [1.807, 2.05) is 0 Å². The molecule has 0 unspecified atom stereocenters. The Hall–Kier alpha value is -0.530. The van der Waals surface area contributed by atoms with Crippen LogP contribution < -0.4 is 0 Å². The van der Waals surface area contributed by atoms with Crippen molar-refractivity contribution >= 4 is 5.97 Å². The molecule has 0 aliphatic rings. The fourth-order valence-corrected chi connectivity index (χ4v) is 2.16. The highest BCUT2D eigenvalue weighted by Crippen LogP contribution is 2.42. The van der Waals surface area contributed by atoms with E-state index in [0.29, 0.717) is 12.3 Å². The molecule has 0 atom stereocenters. The Kier molecular flexibility index (Phi) is 4.16. The van der Waals surface area contributed by atoms with Gasteiger partial charge in [-0.05, 0) is 16.7 Å². The van der Waals surface area contributed by atoms with Crippen molar-refractivity contribution in [1.29, 1.82) is 0 Å². The summed E-state index contributed by atoms with van der Waals surface area (Å²) in [6, 6.07) is 0. The Bertz CT molecular complexity index is 179. The number of esters is 1. The third-order valence-corrected chi connectivity index (χ3v) is 2.69. The summed E-state index contributed by atoms with van der Waals surface area (Å²) >= 11 is 0. The summed E-state index contributed by atoms with van der Waals surface area (Å²) < 4.78 is 4.73. The second-order valence-electron chi connectivity index (χ2n) is 6.06. The van der Waals surface area contributed by atoms with Crippen LogP contribution >= 0.6 is 0 Å². The molecular formula is C12H24O2. The summed E-state index contributed by atoms with van der Waals surface area (Å²) in [5.74, 6) is 0.224. The van der Waals surface area contributed by atoms with Crippen molar-refractivity contribution in [1.82, 2.24) is 0 Å². The monoisotopic (exact) mass is 200 g/mol. The van der Waals surface area contributed by atoms with Crippen LogP contribution in [0.1, 0.15) is 48.0 Å². The molecule has 2 nitrogen and oxygen atoms in total. The van der Waals surface area contributed by atoms with Gasteiger partial charge in [0.05, 0.1) is 7.11 Å². The van der Waals surface area contributed by atoms with Crippen molar-refractivity contribution in [3.63, 3.8) is 0 Å². The fourth-order valence-electron chi connectivity index (χ4n) is 2.16. The van der Waals surface area contributed by atoms with Gasteiger partial charge in [0.1, 0.15) is 0 Å². The van der Waals surface area contributed by atoms with Gasteiger partial charge in [-0.3, -0.25) is 4.79 Å². The van der Waals surface area contributed by atoms with Gasteiger partial charge in [-0.2, -0.15) is 0 Å². The van der Waals surface area contributed by atoms with Crippen LogP contribution in [0.4, 0.5) is 0 Å². The van der Waals surface area contributed by atoms with E-state index in [2.05, 4.69) is 41.5 Å². The lowest BCUT2D eigenvalue weighted by molar-refractivity contribution is -0.144. The minimum Gasteiger partial charge on any atom is -0.469 e. The first kappa shape index (κ1) is 13.5. The summed E-state index contributed by atoms with van der Waals surface area (Å²) in [5, 5.41) is 0. The van der Waals surface area contributed by atoms with Gasteiger partial charge in [0.25, 0.3) is 0 Å². The predicted molar refractivity (Wildman–Crippen MR) is 59.0 cm³/mol. The lowest BCUT2D eigenvalue weighted by Crippen LogP contribution is -2.34. The molecule has 0 saturated carbocycles. The third-order valence-electron chi connectivity index (χ3n) is 2.69. The molecule has 0 heterocycles. The van der Waals surface area contributed by atoms with Crippen LogP contribution in [0.15, 0.2) is 0 Å². The molecule has 0 aliphatic heterocycles. The van der Waals surface area contributed by atoms with E-state index in [9.17, 15) is 4.79 Å². The van der Waals surface area contributed by atoms with Crippen LogP contribution in [0.3, 0.4) is 0 Å². The molecule has 0 amide bonds. The van der Waals surface area contributed by atoms with Crippen molar-refractivity contribution in [3.05, 3.63) is 0 Å². The van der Waals surface area contributed by atoms with Gasteiger partial charge in [-0.25, -0.2) is 0 Å². The molecule has 14 heavy (non-hydrogen) atoms.